The van der Waals surface area contributed by atoms with Gasteiger partial charge in [0.25, 0.3) is 5.56 Å². The van der Waals surface area contributed by atoms with E-state index in [9.17, 15) is 4.79 Å². The van der Waals surface area contributed by atoms with Crippen LogP contribution >= 0.6 is 11.6 Å². The Kier molecular flexibility index (Phi) is 3.69. The summed E-state index contributed by atoms with van der Waals surface area (Å²) in [5, 5.41) is 0.254. The van der Waals surface area contributed by atoms with E-state index < -0.39 is 0 Å². The predicted molar refractivity (Wildman–Crippen MR) is 68.6 cm³/mol. The summed E-state index contributed by atoms with van der Waals surface area (Å²) in [4.78, 5) is 18.1. The summed E-state index contributed by atoms with van der Waals surface area (Å²) in [5.74, 6) is 0.664. The first-order valence-electron chi connectivity index (χ1n) is 5.89. The van der Waals surface area contributed by atoms with Gasteiger partial charge in [0.15, 0.2) is 0 Å². The summed E-state index contributed by atoms with van der Waals surface area (Å²) in [5.41, 5.74) is 5.76. The minimum absolute atomic E-state index is 0.0997. The van der Waals surface area contributed by atoms with Crippen molar-refractivity contribution in [2.45, 2.75) is 32.4 Å². The average Bonchev–Trinajstić information content (AvgIpc) is 2.29. The molecule has 94 valence electrons. The fourth-order valence-corrected chi connectivity index (χ4v) is 2.27. The first-order valence-corrected chi connectivity index (χ1v) is 6.27. The second-order valence-electron chi connectivity index (χ2n) is 4.29. The van der Waals surface area contributed by atoms with Crippen LogP contribution in [0.15, 0.2) is 10.9 Å². The molecule has 2 heterocycles. The number of halogens is 1. The van der Waals surface area contributed by atoms with Gasteiger partial charge in [-0.2, -0.15) is 0 Å². The Labute approximate surface area is 105 Å². The van der Waals surface area contributed by atoms with Crippen molar-refractivity contribution in [1.82, 2.24) is 9.55 Å². The lowest BCUT2D eigenvalue weighted by atomic mass is 10.1. The van der Waals surface area contributed by atoms with Gasteiger partial charge in [0, 0.05) is 31.7 Å². The van der Waals surface area contributed by atoms with Crippen LogP contribution in [0.1, 0.15) is 19.8 Å². The standard InChI is InChI=1S/C11H17ClN4O/c1-2-16-10(17)7-9(12)14-11(16)15-5-3-8(13)4-6-15/h7-8H,2-6,13H2,1H3. The monoisotopic (exact) mass is 256 g/mol. The van der Waals surface area contributed by atoms with Crippen LogP contribution in [0.5, 0.6) is 0 Å². The van der Waals surface area contributed by atoms with Crippen molar-refractivity contribution >= 4 is 17.5 Å². The van der Waals surface area contributed by atoms with Gasteiger partial charge in [0.05, 0.1) is 0 Å². The zero-order valence-electron chi connectivity index (χ0n) is 9.90. The number of anilines is 1. The predicted octanol–water partition coefficient (Wildman–Crippen LogP) is 0.844. The molecule has 0 aliphatic carbocycles. The highest BCUT2D eigenvalue weighted by atomic mass is 35.5. The van der Waals surface area contributed by atoms with Crippen LogP contribution in [0.4, 0.5) is 5.95 Å². The van der Waals surface area contributed by atoms with E-state index >= 15 is 0 Å². The van der Waals surface area contributed by atoms with Crippen LogP contribution in [-0.2, 0) is 6.54 Å². The third-order valence-corrected chi connectivity index (χ3v) is 3.29. The summed E-state index contributed by atoms with van der Waals surface area (Å²) >= 11 is 5.85. The molecule has 1 saturated heterocycles. The molecule has 1 aromatic heterocycles. The van der Waals surface area contributed by atoms with Gasteiger partial charge in [-0.1, -0.05) is 11.6 Å². The number of aromatic nitrogens is 2. The summed E-state index contributed by atoms with van der Waals surface area (Å²) < 4.78 is 1.64. The molecular weight excluding hydrogens is 240 g/mol. The Morgan fingerprint density at radius 3 is 2.76 bits per heavy atom. The Balaban J connectivity index is 2.34. The number of piperidine rings is 1. The smallest absolute Gasteiger partial charge is 0.256 e. The minimum Gasteiger partial charge on any atom is -0.342 e. The molecule has 1 aliphatic heterocycles. The molecular formula is C11H17ClN4O. The van der Waals surface area contributed by atoms with E-state index in [1.165, 1.54) is 6.07 Å². The van der Waals surface area contributed by atoms with Crippen molar-refractivity contribution in [3.05, 3.63) is 21.6 Å². The Bertz CT molecular complexity index is 451. The number of rotatable bonds is 2. The molecule has 17 heavy (non-hydrogen) atoms. The van der Waals surface area contributed by atoms with E-state index in [-0.39, 0.29) is 16.8 Å². The molecule has 6 heteroatoms. The first kappa shape index (κ1) is 12.4. The lowest BCUT2D eigenvalue weighted by Crippen LogP contribution is -2.42. The third kappa shape index (κ3) is 2.61. The molecule has 0 bridgehead atoms. The highest BCUT2D eigenvalue weighted by molar-refractivity contribution is 6.29. The van der Waals surface area contributed by atoms with Crippen LogP contribution < -0.4 is 16.2 Å². The molecule has 0 amide bonds. The van der Waals surface area contributed by atoms with E-state index in [0.717, 1.165) is 25.9 Å². The van der Waals surface area contributed by atoms with E-state index in [4.69, 9.17) is 17.3 Å². The van der Waals surface area contributed by atoms with Crippen molar-refractivity contribution in [2.24, 2.45) is 5.73 Å². The van der Waals surface area contributed by atoms with Crippen molar-refractivity contribution < 1.29 is 0 Å². The lowest BCUT2D eigenvalue weighted by molar-refractivity contribution is 0.486. The molecule has 1 aliphatic rings. The van der Waals surface area contributed by atoms with Crippen molar-refractivity contribution in [2.75, 3.05) is 18.0 Å². The second-order valence-corrected chi connectivity index (χ2v) is 4.67. The maximum atomic E-state index is 11.8. The van der Waals surface area contributed by atoms with E-state index in [1.54, 1.807) is 4.57 Å². The van der Waals surface area contributed by atoms with Crippen molar-refractivity contribution in [3.63, 3.8) is 0 Å². The maximum Gasteiger partial charge on any atom is 0.256 e. The quantitative estimate of drug-likeness (QED) is 0.797. The van der Waals surface area contributed by atoms with Crippen LogP contribution in [0.2, 0.25) is 5.15 Å². The Morgan fingerprint density at radius 1 is 1.53 bits per heavy atom. The van der Waals surface area contributed by atoms with Gasteiger partial charge in [-0.3, -0.25) is 9.36 Å². The molecule has 1 fully saturated rings. The van der Waals surface area contributed by atoms with E-state index in [2.05, 4.69) is 9.88 Å². The summed E-state index contributed by atoms with van der Waals surface area (Å²) in [7, 11) is 0. The number of nitrogens with zero attached hydrogens (tertiary/aromatic N) is 3. The fourth-order valence-electron chi connectivity index (χ4n) is 2.10. The van der Waals surface area contributed by atoms with Crippen LogP contribution in [0.25, 0.3) is 0 Å². The van der Waals surface area contributed by atoms with Crippen molar-refractivity contribution in [1.29, 1.82) is 0 Å². The second kappa shape index (κ2) is 5.06. The Morgan fingerprint density at radius 2 is 2.18 bits per heavy atom. The molecule has 0 atom stereocenters. The molecule has 0 radical (unpaired) electrons. The highest BCUT2D eigenvalue weighted by Gasteiger charge is 2.20. The third-order valence-electron chi connectivity index (χ3n) is 3.10. The molecule has 2 rings (SSSR count). The Hall–Kier alpha value is -1.07. The molecule has 1 aromatic rings. The van der Waals surface area contributed by atoms with Crippen LogP contribution in [0.3, 0.4) is 0 Å². The zero-order valence-corrected chi connectivity index (χ0v) is 10.7. The highest BCUT2D eigenvalue weighted by Crippen LogP contribution is 2.17. The molecule has 5 nitrogen and oxygen atoms in total. The minimum atomic E-state index is -0.0997. The molecule has 0 saturated carbocycles. The molecule has 0 unspecified atom stereocenters. The van der Waals surface area contributed by atoms with Gasteiger partial charge in [0.2, 0.25) is 5.95 Å². The zero-order chi connectivity index (χ0) is 12.4. The van der Waals surface area contributed by atoms with Gasteiger partial charge in [-0.15, -0.1) is 0 Å². The SMILES string of the molecule is CCn1c(N2CCC(N)CC2)nc(Cl)cc1=O. The first-order chi connectivity index (χ1) is 8.11. The van der Waals surface area contributed by atoms with Crippen LogP contribution in [-0.4, -0.2) is 28.7 Å². The van der Waals surface area contributed by atoms with Crippen molar-refractivity contribution in [3.8, 4) is 0 Å². The fraction of sp³-hybridized carbons (Fsp3) is 0.636. The van der Waals surface area contributed by atoms with Gasteiger partial charge in [-0.05, 0) is 19.8 Å². The van der Waals surface area contributed by atoms with E-state index in [0.29, 0.717) is 12.5 Å². The normalized spacial score (nSPS) is 17.5. The largest absolute Gasteiger partial charge is 0.342 e. The van der Waals surface area contributed by atoms with Gasteiger partial charge >= 0.3 is 0 Å². The van der Waals surface area contributed by atoms with Gasteiger partial charge in [0.1, 0.15) is 5.15 Å². The van der Waals surface area contributed by atoms with E-state index in [1.807, 2.05) is 6.92 Å². The number of hydrogen-bond donors (Lipinski definition) is 1. The summed E-state index contributed by atoms with van der Waals surface area (Å²) in [6.07, 6.45) is 1.85. The summed E-state index contributed by atoms with van der Waals surface area (Å²) in [6.45, 7) is 4.18. The average molecular weight is 257 g/mol. The van der Waals surface area contributed by atoms with Gasteiger partial charge < -0.3 is 10.6 Å². The molecule has 2 N–H and O–H groups in total. The topological polar surface area (TPSA) is 64.2 Å². The van der Waals surface area contributed by atoms with Gasteiger partial charge in [-0.25, -0.2) is 4.98 Å². The molecule has 0 aromatic carbocycles. The molecule has 0 spiro atoms. The number of hydrogen-bond acceptors (Lipinski definition) is 4. The lowest BCUT2D eigenvalue weighted by Gasteiger charge is -2.32. The van der Waals surface area contributed by atoms with Crippen LogP contribution in [0, 0.1) is 0 Å². The number of nitrogens with two attached hydrogens (primary N) is 1. The maximum absolute atomic E-state index is 11.8. The summed E-state index contributed by atoms with van der Waals surface area (Å²) in [6, 6.07) is 1.61.